The Labute approximate surface area is 99.6 Å². The molecule has 1 aromatic heterocycles. The van der Waals surface area contributed by atoms with Crippen molar-refractivity contribution < 1.29 is 19.3 Å². The summed E-state index contributed by atoms with van der Waals surface area (Å²) in [5.41, 5.74) is -4.00. The van der Waals surface area contributed by atoms with Crippen molar-refractivity contribution in [3.8, 4) is 0 Å². The molecule has 8 nitrogen and oxygen atoms in total. The van der Waals surface area contributed by atoms with Crippen molar-refractivity contribution in [2.45, 2.75) is 31.0 Å². The van der Waals surface area contributed by atoms with Crippen LogP contribution in [0.3, 0.4) is 0 Å². The fourth-order valence-corrected chi connectivity index (χ4v) is 1.85. The van der Waals surface area contributed by atoms with Crippen molar-refractivity contribution in [1.29, 1.82) is 0 Å². The molecule has 3 N–H and O–H groups in total. The van der Waals surface area contributed by atoms with Crippen LogP contribution in [-0.2, 0) is 4.74 Å². The quantitative estimate of drug-likeness (QED) is 0.562. The number of aromatic nitrogens is 3. The van der Waals surface area contributed by atoms with E-state index in [1.54, 1.807) is 0 Å². The van der Waals surface area contributed by atoms with Crippen LogP contribution in [0.1, 0.15) is 13.2 Å². The van der Waals surface area contributed by atoms with E-state index in [9.17, 15) is 19.1 Å². The lowest BCUT2D eigenvalue weighted by atomic mass is 9.99. The smallest absolute Gasteiger partial charge is 0.347 e. The molecule has 1 aromatic rings. The molecule has 1 aliphatic rings. The maximum absolute atomic E-state index is 14.3. The first-order valence-corrected chi connectivity index (χ1v) is 5.19. The number of H-pyrrole nitrogens is 1. The highest BCUT2D eigenvalue weighted by Gasteiger charge is 2.55. The van der Waals surface area contributed by atoms with Gasteiger partial charge in [0.05, 0.1) is 6.61 Å². The zero-order valence-electron chi connectivity index (χ0n) is 9.41. The summed E-state index contributed by atoms with van der Waals surface area (Å²) in [5, 5.41) is 22.0. The molecule has 100 valence electrons. The van der Waals surface area contributed by atoms with E-state index < -0.39 is 42.0 Å². The molecule has 2 rings (SSSR count). The summed E-state index contributed by atoms with van der Waals surface area (Å²) in [7, 11) is 0. The maximum atomic E-state index is 14.3. The Morgan fingerprint density at radius 2 is 2.33 bits per heavy atom. The maximum Gasteiger partial charge on any atom is 0.347 e. The Balaban J connectivity index is 2.45. The van der Waals surface area contributed by atoms with Gasteiger partial charge in [-0.15, -0.1) is 0 Å². The molecule has 1 saturated heterocycles. The number of aliphatic hydroxyl groups excluding tert-OH is 2. The summed E-state index contributed by atoms with van der Waals surface area (Å²) in [6, 6.07) is 0. The van der Waals surface area contributed by atoms with Gasteiger partial charge in [0.1, 0.15) is 18.4 Å². The van der Waals surface area contributed by atoms with Crippen LogP contribution in [0, 0.1) is 0 Å². The Hall–Kier alpha value is -1.58. The van der Waals surface area contributed by atoms with Gasteiger partial charge in [0.25, 0.3) is 5.56 Å². The summed E-state index contributed by atoms with van der Waals surface area (Å²) in [5.74, 6) is 0. The second kappa shape index (κ2) is 4.26. The SMILES string of the molecule is C[C@@]1(F)[C@H](O)[C@@H](CO)O[C@H]1n1ncc(=O)[nH]c1=O. The zero-order chi connectivity index (χ0) is 13.5. The molecule has 0 spiro atoms. The summed E-state index contributed by atoms with van der Waals surface area (Å²) in [4.78, 5) is 24.2. The topological polar surface area (TPSA) is 117 Å². The molecule has 0 unspecified atom stereocenters. The van der Waals surface area contributed by atoms with E-state index in [0.29, 0.717) is 4.68 Å². The minimum atomic E-state index is -2.32. The molecule has 18 heavy (non-hydrogen) atoms. The van der Waals surface area contributed by atoms with E-state index in [0.717, 1.165) is 13.1 Å². The van der Waals surface area contributed by atoms with E-state index in [-0.39, 0.29) is 0 Å². The highest BCUT2D eigenvalue weighted by atomic mass is 19.1. The molecular formula is C9H12FN3O5. The fourth-order valence-electron chi connectivity index (χ4n) is 1.85. The number of aromatic amines is 1. The van der Waals surface area contributed by atoms with Crippen LogP contribution >= 0.6 is 0 Å². The molecule has 9 heteroatoms. The molecule has 0 radical (unpaired) electrons. The molecule has 0 aliphatic carbocycles. The van der Waals surface area contributed by atoms with Crippen molar-refractivity contribution in [2.24, 2.45) is 0 Å². The molecule has 1 aliphatic heterocycles. The molecule has 1 fully saturated rings. The Morgan fingerprint density at radius 3 is 2.83 bits per heavy atom. The van der Waals surface area contributed by atoms with Crippen LogP contribution in [0.25, 0.3) is 0 Å². The fraction of sp³-hybridized carbons (Fsp3) is 0.667. The lowest BCUT2D eigenvalue weighted by Crippen LogP contribution is -2.44. The number of nitrogens with zero attached hydrogens (tertiary/aromatic N) is 2. The lowest BCUT2D eigenvalue weighted by molar-refractivity contribution is -0.0687. The number of alkyl halides is 1. The van der Waals surface area contributed by atoms with Crippen LogP contribution in [0.4, 0.5) is 4.39 Å². The van der Waals surface area contributed by atoms with Gasteiger partial charge in [0, 0.05) is 0 Å². The van der Waals surface area contributed by atoms with E-state index >= 15 is 0 Å². The van der Waals surface area contributed by atoms with Gasteiger partial charge in [-0.2, -0.15) is 9.78 Å². The normalized spacial score (nSPS) is 35.9. The highest BCUT2D eigenvalue weighted by Crippen LogP contribution is 2.39. The predicted octanol–water partition coefficient (Wildman–Crippen LogP) is -2.09. The first kappa shape index (κ1) is 12.9. The summed E-state index contributed by atoms with van der Waals surface area (Å²) >= 11 is 0. The van der Waals surface area contributed by atoms with Crippen molar-refractivity contribution in [1.82, 2.24) is 14.8 Å². The number of halogens is 1. The highest BCUT2D eigenvalue weighted by molar-refractivity contribution is 4.98. The van der Waals surface area contributed by atoms with E-state index in [1.807, 2.05) is 4.98 Å². The number of nitrogens with one attached hydrogen (secondary N) is 1. The molecular weight excluding hydrogens is 249 g/mol. The van der Waals surface area contributed by atoms with Gasteiger partial charge in [-0.3, -0.25) is 9.78 Å². The first-order valence-electron chi connectivity index (χ1n) is 5.19. The van der Waals surface area contributed by atoms with E-state index in [1.165, 1.54) is 0 Å². The summed E-state index contributed by atoms with van der Waals surface area (Å²) < 4.78 is 19.9. The summed E-state index contributed by atoms with van der Waals surface area (Å²) in [6.07, 6.45) is -3.49. The third-order valence-corrected chi connectivity index (χ3v) is 2.86. The third kappa shape index (κ3) is 1.85. The molecule has 4 atom stereocenters. The van der Waals surface area contributed by atoms with Crippen LogP contribution in [0.5, 0.6) is 0 Å². The van der Waals surface area contributed by atoms with Crippen LogP contribution < -0.4 is 11.2 Å². The Morgan fingerprint density at radius 1 is 1.67 bits per heavy atom. The molecule has 0 aromatic carbocycles. The number of aliphatic hydroxyl groups is 2. The van der Waals surface area contributed by atoms with E-state index in [2.05, 4.69) is 5.10 Å². The van der Waals surface area contributed by atoms with Gasteiger partial charge in [-0.05, 0) is 6.92 Å². The predicted molar refractivity (Wildman–Crippen MR) is 55.6 cm³/mol. The van der Waals surface area contributed by atoms with Crippen molar-refractivity contribution in [3.05, 3.63) is 27.0 Å². The number of hydrogen-bond donors (Lipinski definition) is 3. The van der Waals surface area contributed by atoms with Crippen LogP contribution in [0.15, 0.2) is 15.8 Å². The van der Waals surface area contributed by atoms with Crippen molar-refractivity contribution in [3.63, 3.8) is 0 Å². The number of hydrogen-bond acceptors (Lipinski definition) is 6. The second-order valence-electron chi connectivity index (χ2n) is 4.19. The van der Waals surface area contributed by atoms with Crippen LogP contribution in [0.2, 0.25) is 0 Å². The number of rotatable bonds is 2. The van der Waals surface area contributed by atoms with Gasteiger partial charge in [-0.1, -0.05) is 0 Å². The van der Waals surface area contributed by atoms with E-state index in [4.69, 9.17) is 9.84 Å². The first-order chi connectivity index (χ1) is 8.37. The second-order valence-corrected chi connectivity index (χ2v) is 4.19. The summed E-state index contributed by atoms with van der Waals surface area (Å²) in [6.45, 7) is 0.423. The lowest BCUT2D eigenvalue weighted by Gasteiger charge is -2.23. The Kier molecular flexibility index (Phi) is 3.05. The van der Waals surface area contributed by atoms with Crippen molar-refractivity contribution >= 4 is 0 Å². The number of ether oxygens (including phenoxy) is 1. The van der Waals surface area contributed by atoms with Gasteiger partial charge in [0.15, 0.2) is 11.9 Å². The molecule has 0 bridgehead atoms. The van der Waals surface area contributed by atoms with Gasteiger partial charge in [0.2, 0.25) is 0 Å². The average molecular weight is 261 g/mol. The van der Waals surface area contributed by atoms with Crippen LogP contribution in [-0.4, -0.2) is 49.5 Å². The molecule has 0 amide bonds. The zero-order valence-corrected chi connectivity index (χ0v) is 9.41. The Bertz CT molecular complexity index is 554. The minimum Gasteiger partial charge on any atom is -0.394 e. The van der Waals surface area contributed by atoms with Gasteiger partial charge >= 0.3 is 5.69 Å². The molecule has 2 heterocycles. The minimum absolute atomic E-state index is 0.584. The van der Waals surface area contributed by atoms with Crippen molar-refractivity contribution in [2.75, 3.05) is 6.61 Å². The molecule has 0 saturated carbocycles. The largest absolute Gasteiger partial charge is 0.394 e. The standard InChI is InChI=1S/C9H12FN3O5/c1-9(10)6(16)4(3-14)18-7(9)13-8(17)12-5(15)2-11-13/h2,4,6-7,14,16H,3H2,1H3,(H,12,15,17)/t4-,6-,7-,9-/m1/s1. The third-order valence-electron chi connectivity index (χ3n) is 2.86. The average Bonchev–Trinajstić information content (AvgIpc) is 2.52. The monoisotopic (exact) mass is 261 g/mol. The van der Waals surface area contributed by atoms with Gasteiger partial charge < -0.3 is 14.9 Å². The van der Waals surface area contributed by atoms with Gasteiger partial charge in [-0.25, -0.2) is 9.18 Å².